The third kappa shape index (κ3) is 3.57. The van der Waals surface area contributed by atoms with E-state index >= 15 is 0 Å². The van der Waals surface area contributed by atoms with Crippen molar-refractivity contribution in [3.63, 3.8) is 0 Å². The first kappa shape index (κ1) is 14.5. The lowest BCUT2D eigenvalue weighted by Gasteiger charge is -2.28. The number of nitrogens with one attached hydrogen (secondary N) is 1. The zero-order valence-electron chi connectivity index (χ0n) is 11.3. The average molecular weight is 285 g/mol. The van der Waals surface area contributed by atoms with Gasteiger partial charge in [0, 0.05) is 12.7 Å². The summed E-state index contributed by atoms with van der Waals surface area (Å²) in [4.78, 5) is 9.76. The molecule has 0 radical (unpaired) electrons. The molecule has 2 N–H and O–H groups in total. The van der Waals surface area contributed by atoms with Crippen molar-refractivity contribution in [3.05, 3.63) is 29.3 Å². The lowest BCUT2D eigenvalue weighted by molar-refractivity contribution is 0.137. The molecule has 2 atom stereocenters. The summed E-state index contributed by atoms with van der Waals surface area (Å²) in [5.74, 6) is 0.792. The highest BCUT2D eigenvalue weighted by atomic mass is 31.2. The van der Waals surface area contributed by atoms with Gasteiger partial charge in [0.25, 0.3) is 0 Å². The molecule has 0 saturated carbocycles. The summed E-state index contributed by atoms with van der Waals surface area (Å²) in [6.07, 6.45) is 1.14. The summed E-state index contributed by atoms with van der Waals surface area (Å²) in [5, 5.41) is 3.13. The first-order chi connectivity index (χ1) is 9.05. The van der Waals surface area contributed by atoms with E-state index in [1.165, 1.54) is 0 Å². The van der Waals surface area contributed by atoms with E-state index in [9.17, 15) is 9.46 Å². The maximum Gasteiger partial charge on any atom is 0.329 e. The van der Waals surface area contributed by atoms with Crippen LogP contribution in [0.3, 0.4) is 0 Å². The SMILES string of the molecule is CCCP(=O)(O)OC1NCCc2cc(OC)ccc21. The molecule has 1 aromatic carbocycles. The van der Waals surface area contributed by atoms with Crippen LogP contribution in [0.15, 0.2) is 18.2 Å². The third-order valence-electron chi connectivity index (χ3n) is 3.13. The Balaban J connectivity index is 2.20. The Labute approximate surface area is 113 Å². The molecule has 1 aromatic rings. The van der Waals surface area contributed by atoms with E-state index in [1.54, 1.807) is 7.11 Å². The Morgan fingerprint density at radius 3 is 3.00 bits per heavy atom. The summed E-state index contributed by atoms with van der Waals surface area (Å²) in [5.41, 5.74) is 2.01. The first-order valence-electron chi connectivity index (χ1n) is 6.46. The summed E-state index contributed by atoms with van der Waals surface area (Å²) in [6.45, 7) is 2.58. The van der Waals surface area contributed by atoms with Crippen LogP contribution in [0.1, 0.15) is 30.7 Å². The van der Waals surface area contributed by atoms with Crippen LogP contribution < -0.4 is 10.1 Å². The van der Waals surface area contributed by atoms with Gasteiger partial charge in [0.1, 0.15) is 12.0 Å². The summed E-state index contributed by atoms with van der Waals surface area (Å²) >= 11 is 0. The van der Waals surface area contributed by atoms with Crippen molar-refractivity contribution in [1.82, 2.24) is 5.32 Å². The number of methoxy groups -OCH3 is 1. The van der Waals surface area contributed by atoms with Gasteiger partial charge >= 0.3 is 7.60 Å². The fourth-order valence-electron chi connectivity index (χ4n) is 2.22. The normalized spacial score (nSPS) is 21.5. The van der Waals surface area contributed by atoms with Gasteiger partial charge in [-0.1, -0.05) is 13.0 Å². The standard InChI is InChI=1S/C13H20NO4P/c1-3-8-19(15,16)18-13-12-5-4-11(17-2)9-10(12)6-7-14-13/h4-5,9,13-14H,3,6-8H2,1-2H3,(H,15,16). The van der Waals surface area contributed by atoms with Crippen LogP contribution in [0.4, 0.5) is 0 Å². The van der Waals surface area contributed by atoms with E-state index < -0.39 is 13.8 Å². The Morgan fingerprint density at radius 1 is 1.53 bits per heavy atom. The van der Waals surface area contributed by atoms with Crippen LogP contribution >= 0.6 is 7.60 Å². The van der Waals surface area contributed by atoms with E-state index in [2.05, 4.69) is 5.32 Å². The van der Waals surface area contributed by atoms with Crippen molar-refractivity contribution in [2.24, 2.45) is 0 Å². The van der Waals surface area contributed by atoms with E-state index in [0.29, 0.717) is 6.42 Å². The highest BCUT2D eigenvalue weighted by Gasteiger charge is 2.28. The number of fused-ring (bicyclic) bond motifs is 1. The van der Waals surface area contributed by atoms with Crippen LogP contribution in [0, 0.1) is 0 Å². The fraction of sp³-hybridized carbons (Fsp3) is 0.538. The number of benzene rings is 1. The molecule has 0 amide bonds. The molecule has 106 valence electrons. The lowest BCUT2D eigenvalue weighted by Crippen LogP contribution is -2.31. The highest BCUT2D eigenvalue weighted by molar-refractivity contribution is 7.52. The molecule has 0 saturated heterocycles. The zero-order chi connectivity index (χ0) is 13.9. The Kier molecular flexibility index (Phi) is 4.63. The molecule has 5 nitrogen and oxygen atoms in total. The molecular weight excluding hydrogens is 265 g/mol. The van der Waals surface area contributed by atoms with Gasteiger partial charge < -0.3 is 9.63 Å². The molecule has 0 aromatic heterocycles. The Bertz CT molecular complexity index is 492. The second kappa shape index (κ2) is 6.06. The van der Waals surface area contributed by atoms with E-state index in [0.717, 1.165) is 29.8 Å². The molecule has 1 aliphatic heterocycles. The fourth-order valence-corrected chi connectivity index (χ4v) is 3.41. The van der Waals surface area contributed by atoms with Crippen molar-refractivity contribution in [2.75, 3.05) is 19.8 Å². The quantitative estimate of drug-likeness (QED) is 0.813. The van der Waals surface area contributed by atoms with Crippen molar-refractivity contribution < 1.29 is 18.7 Å². The van der Waals surface area contributed by atoms with Gasteiger partial charge in [-0.05, 0) is 36.1 Å². The van der Waals surface area contributed by atoms with Crippen LogP contribution in [0.25, 0.3) is 0 Å². The zero-order valence-corrected chi connectivity index (χ0v) is 12.2. The van der Waals surface area contributed by atoms with Crippen molar-refractivity contribution in [3.8, 4) is 5.75 Å². The summed E-state index contributed by atoms with van der Waals surface area (Å²) < 4.78 is 22.5. The molecule has 19 heavy (non-hydrogen) atoms. The molecule has 1 aliphatic rings. The van der Waals surface area contributed by atoms with Crippen LogP contribution in [-0.4, -0.2) is 24.7 Å². The van der Waals surface area contributed by atoms with Gasteiger partial charge in [0.05, 0.1) is 7.11 Å². The van der Waals surface area contributed by atoms with Crippen molar-refractivity contribution in [2.45, 2.75) is 26.0 Å². The topological polar surface area (TPSA) is 67.8 Å². The second-order valence-corrected chi connectivity index (χ2v) is 6.55. The van der Waals surface area contributed by atoms with E-state index in [-0.39, 0.29) is 6.16 Å². The number of hydrogen-bond acceptors (Lipinski definition) is 4. The monoisotopic (exact) mass is 285 g/mol. The predicted octanol–water partition coefficient (Wildman–Crippen LogP) is 2.45. The smallest absolute Gasteiger partial charge is 0.329 e. The molecule has 6 heteroatoms. The molecule has 0 aliphatic carbocycles. The molecule has 0 bridgehead atoms. The van der Waals surface area contributed by atoms with Crippen molar-refractivity contribution in [1.29, 1.82) is 0 Å². The maximum absolute atomic E-state index is 11.9. The van der Waals surface area contributed by atoms with E-state index in [4.69, 9.17) is 9.26 Å². The minimum Gasteiger partial charge on any atom is -0.497 e. The highest BCUT2D eigenvalue weighted by Crippen LogP contribution is 2.47. The average Bonchev–Trinajstić information content (AvgIpc) is 2.38. The van der Waals surface area contributed by atoms with Crippen LogP contribution in [0.5, 0.6) is 5.75 Å². The Morgan fingerprint density at radius 2 is 2.32 bits per heavy atom. The summed E-state index contributed by atoms with van der Waals surface area (Å²) in [6, 6.07) is 5.68. The van der Waals surface area contributed by atoms with Crippen LogP contribution in [0.2, 0.25) is 0 Å². The number of ether oxygens (including phenoxy) is 1. The van der Waals surface area contributed by atoms with Crippen molar-refractivity contribution >= 4 is 7.60 Å². The molecule has 0 spiro atoms. The first-order valence-corrected chi connectivity index (χ1v) is 8.22. The molecule has 2 unspecified atom stereocenters. The number of rotatable bonds is 5. The van der Waals surface area contributed by atoms with Gasteiger partial charge in [-0.3, -0.25) is 14.4 Å². The van der Waals surface area contributed by atoms with E-state index in [1.807, 2.05) is 25.1 Å². The van der Waals surface area contributed by atoms with Gasteiger partial charge in [-0.15, -0.1) is 0 Å². The molecular formula is C13H20NO4P. The predicted molar refractivity (Wildman–Crippen MR) is 73.5 cm³/mol. The van der Waals surface area contributed by atoms with Gasteiger partial charge in [-0.2, -0.15) is 0 Å². The molecule has 0 fully saturated rings. The van der Waals surface area contributed by atoms with Gasteiger partial charge in [0.15, 0.2) is 0 Å². The third-order valence-corrected chi connectivity index (χ3v) is 4.69. The minimum absolute atomic E-state index is 0.177. The molecule has 1 heterocycles. The maximum atomic E-state index is 11.9. The van der Waals surface area contributed by atoms with Crippen LogP contribution in [-0.2, 0) is 15.5 Å². The Hall–Kier alpha value is -0.870. The number of hydrogen-bond donors (Lipinski definition) is 2. The lowest BCUT2D eigenvalue weighted by atomic mass is 9.99. The van der Waals surface area contributed by atoms with Gasteiger partial charge in [-0.25, -0.2) is 0 Å². The minimum atomic E-state index is -3.53. The molecule has 2 rings (SSSR count). The second-order valence-electron chi connectivity index (χ2n) is 4.62. The largest absolute Gasteiger partial charge is 0.497 e. The summed E-state index contributed by atoms with van der Waals surface area (Å²) in [7, 11) is -1.90. The van der Waals surface area contributed by atoms with Gasteiger partial charge in [0.2, 0.25) is 0 Å².